The fourth-order valence-corrected chi connectivity index (χ4v) is 4.50. The van der Waals surface area contributed by atoms with Crippen LogP contribution in [-0.4, -0.2) is 67.9 Å². The Balaban J connectivity index is 0.000000983. The van der Waals surface area contributed by atoms with Gasteiger partial charge in [0, 0.05) is 50.0 Å². The molecule has 2 aromatic carbocycles. The van der Waals surface area contributed by atoms with Crippen LogP contribution in [0.5, 0.6) is 0 Å². The molecule has 0 radical (unpaired) electrons. The molecule has 4 rings (SSSR count). The van der Waals surface area contributed by atoms with Gasteiger partial charge in [-0.2, -0.15) is 0 Å². The van der Waals surface area contributed by atoms with E-state index in [1.54, 1.807) is 4.90 Å². The van der Waals surface area contributed by atoms with Gasteiger partial charge in [-0.15, -0.1) is 0 Å². The highest BCUT2D eigenvalue weighted by Gasteiger charge is 2.32. The van der Waals surface area contributed by atoms with Crippen molar-refractivity contribution in [3.8, 4) is 0 Å². The van der Waals surface area contributed by atoms with E-state index in [0.29, 0.717) is 31.8 Å². The molecule has 0 unspecified atom stereocenters. The Morgan fingerprint density at radius 3 is 2.26 bits per heavy atom. The summed E-state index contributed by atoms with van der Waals surface area (Å²) in [5, 5.41) is 18.2. The lowest BCUT2D eigenvalue weighted by Gasteiger charge is -2.32. The van der Waals surface area contributed by atoms with Crippen LogP contribution < -0.4 is 20.9 Å². The van der Waals surface area contributed by atoms with Gasteiger partial charge in [0.25, 0.3) is 5.97 Å². The molecule has 0 bridgehead atoms. The summed E-state index contributed by atoms with van der Waals surface area (Å²) >= 11 is 0. The van der Waals surface area contributed by atoms with Crippen molar-refractivity contribution in [2.45, 2.75) is 39.3 Å². The van der Waals surface area contributed by atoms with E-state index in [-0.39, 0.29) is 29.9 Å². The minimum Gasteiger partial charge on any atom is -0.481 e. The maximum absolute atomic E-state index is 12.4. The predicted molar refractivity (Wildman–Crippen MR) is 148 cm³/mol. The Bertz CT molecular complexity index is 1130. The molecule has 1 atom stereocenters. The van der Waals surface area contributed by atoms with Crippen LogP contribution in [-0.2, 0) is 25.6 Å². The number of hydrogen-bond donors (Lipinski definition) is 4. The quantitative estimate of drug-likeness (QED) is 0.213. The van der Waals surface area contributed by atoms with Gasteiger partial charge in [-0.25, -0.2) is 4.79 Å². The molecule has 1 amide bonds. The van der Waals surface area contributed by atoms with Gasteiger partial charge in [0.15, 0.2) is 0 Å². The summed E-state index contributed by atoms with van der Waals surface area (Å²) in [4.78, 5) is 37.3. The Morgan fingerprint density at radius 2 is 1.69 bits per heavy atom. The number of aliphatic carboxylic acids is 1. The number of ether oxygens (including phenoxy) is 2. The lowest BCUT2D eigenvalue weighted by atomic mass is 9.96. The first-order chi connectivity index (χ1) is 18.7. The van der Waals surface area contributed by atoms with E-state index in [9.17, 15) is 9.59 Å². The summed E-state index contributed by atoms with van der Waals surface area (Å²) in [5.74, 6) is -0.894. The second-order valence-corrected chi connectivity index (χ2v) is 9.41. The number of cyclic esters (lactones) is 1. The van der Waals surface area contributed by atoms with E-state index in [2.05, 4.69) is 10.2 Å². The van der Waals surface area contributed by atoms with Crippen molar-refractivity contribution in [2.75, 3.05) is 42.6 Å². The summed E-state index contributed by atoms with van der Waals surface area (Å²) < 4.78 is 10.7. The van der Waals surface area contributed by atoms with Gasteiger partial charge in [-0.05, 0) is 49.6 Å². The van der Waals surface area contributed by atoms with Gasteiger partial charge in [-0.3, -0.25) is 19.9 Å². The number of esters is 1. The van der Waals surface area contributed by atoms with Crippen molar-refractivity contribution < 1.29 is 29.0 Å². The van der Waals surface area contributed by atoms with E-state index < -0.39 is 5.97 Å². The number of nitrogens with zero attached hydrogens (tertiary/aromatic N) is 2. The van der Waals surface area contributed by atoms with Crippen molar-refractivity contribution in [1.29, 1.82) is 5.41 Å². The average molecular weight is 540 g/mol. The highest BCUT2D eigenvalue weighted by atomic mass is 16.6. The molecule has 11 heteroatoms. The SMILES string of the molecule is CC(=O)O.CCOC(=O)C1CCN(c2ccc(N3C[C@@H](CNCc4ccc(C(=N)N)cc4)OC3=O)cc2)CC1. The molecule has 2 saturated heterocycles. The molecule has 0 aromatic heterocycles. The molecule has 0 aliphatic carbocycles. The third kappa shape index (κ3) is 8.71. The number of nitrogens with two attached hydrogens (primary N) is 1. The Hall–Kier alpha value is -4.12. The topological polar surface area (TPSA) is 158 Å². The third-order valence-electron chi connectivity index (χ3n) is 6.48. The third-order valence-corrected chi connectivity index (χ3v) is 6.48. The molecule has 2 fully saturated rings. The summed E-state index contributed by atoms with van der Waals surface area (Å²) in [6, 6.07) is 15.4. The van der Waals surface area contributed by atoms with Crippen LogP contribution in [0.3, 0.4) is 0 Å². The van der Waals surface area contributed by atoms with Crippen LogP contribution in [0.2, 0.25) is 0 Å². The van der Waals surface area contributed by atoms with Crippen LogP contribution in [0.4, 0.5) is 16.2 Å². The fraction of sp³-hybridized carbons (Fsp3) is 0.429. The average Bonchev–Trinajstić information content (AvgIpc) is 3.29. The van der Waals surface area contributed by atoms with Crippen LogP contribution >= 0.6 is 0 Å². The number of amidine groups is 1. The van der Waals surface area contributed by atoms with Crippen molar-refractivity contribution in [1.82, 2.24) is 5.32 Å². The van der Waals surface area contributed by atoms with E-state index in [0.717, 1.165) is 49.8 Å². The summed E-state index contributed by atoms with van der Waals surface area (Å²) in [6.07, 6.45) is 0.995. The predicted octanol–water partition coefficient (Wildman–Crippen LogP) is 2.96. The maximum Gasteiger partial charge on any atom is 0.414 e. The van der Waals surface area contributed by atoms with Crippen LogP contribution in [0.15, 0.2) is 48.5 Å². The number of piperidine rings is 1. The number of carboxylic acids is 1. The van der Waals surface area contributed by atoms with E-state index in [1.165, 1.54) is 0 Å². The van der Waals surface area contributed by atoms with Gasteiger partial charge < -0.3 is 30.5 Å². The second-order valence-electron chi connectivity index (χ2n) is 9.41. The lowest BCUT2D eigenvalue weighted by molar-refractivity contribution is -0.148. The molecule has 0 spiro atoms. The monoisotopic (exact) mass is 539 g/mol. The molecule has 2 aliphatic heterocycles. The first kappa shape index (κ1) is 29.4. The number of amides is 1. The van der Waals surface area contributed by atoms with Crippen molar-refractivity contribution in [3.05, 3.63) is 59.7 Å². The summed E-state index contributed by atoms with van der Waals surface area (Å²) in [5.41, 5.74) is 9.14. The first-order valence-corrected chi connectivity index (χ1v) is 13.0. The molecule has 2 heterocycles. The largest absolute Gasteiger partial charge is 0.481 e. The highest BCUT2D eigenvalue weighted by molar-refractivity contribution is 5.94. The first-order valence-electron chi connectivity index (χ1n) is 13.0. The molecule has 210 valence electrons. The van der Waals surface area contributed by atoms with Crippen LogP contribution in [0.25, 0.3) is 0 Å². The molecule has 0 saturated carbocycles. The Kier molecular flexibility index (Phi) is 10.7. The number of nitrogens with one attached hydrogen (secondary N) is 2. The van der Waals surface area contributed by atoms with E-state index >= 15 is 0 Å². The minimum atomic E-state index is -0.833. The van der Waals surface area contributed by atoms with Gasteiger partial charge in [0.2, 0.25) is 0 Å². The second kappa shape index (κ2) is 14.1. The van der Waals surface area contributed by atoms with Crippen molar-refractivity contribution >= 4 is 35.2 Å². The summed E-state index contributed by atoms with van der Waals surface area (Å²) in [6.45, 7) is 6.62. The van der Waals surface area contributed by atoms with Gasteiger partial charge in [0.05, 0.1) is 19.1 Å². The molecule has 5 N–H and O–H groups in total. The molecular weight excluding hydrogens is 502 g/mol. The number of hydrogen-bond acceptors (Lipinski definition) is 8. The minimum absolute atomic E-state index is 0.0182. The molecular formula is C28H37N5O6. The van der Waals surface area contributed by atoms with E-state index in [1.807, 2.05) is 55.5 Å². The van der Waals surface area contributed by atoms with Crippen molar-refractivity contribution in [2.24, 2.45) is 11.7 Å². The fourth-order valence-electron chi connectivity index (χ4n) is 4.50. The van der Waals surface area contributed by atoms with Gasteiger partial charge in [-0.1, -0.05) is 24.3 Å². The molecule has 2 aromatic rings. The zero-order chi connectivity index (χ0) is 28.4. The zero-order valence-electron chi connectivity index (χ0n) is 22.4. The van der Waals surface area contributed by atoms with Gasteiger partial charge in [0.1, 0.15) is 11.9 Å². The van der Waals surface area contributed by atoms with Crippen LogP contribution in [0, 0.1) is 11.3 Å². The smallest absolute Gasteiger partial charge is 0.414 e. The number of carboxylic acid groups (broad SMARTS) is 1. The number of benzene rings is 2. The van der Waals surface area contributed by atoms with E-state index in [4.69, 9.17) is 30.5 Å². The number of carbonyl (C=O) groups is 3. The number of anilines is 2. The molecule has 39 heavy (non-hydrogen) atoms. The lowest BCUT2D eigenvalue weighted by Crippen LogP contribution is -2.37. The highest BCUT2D eigenvalue weighted by Crippen LogP contribution is 2.28. The van der Waals surface area contributed by atoms with Crippen molar-refractivity contribution in [3.63, 3.8) is 0 Å². The molecule has 2 aliphatic rings. The Labute approximate surface area is 228 Å². The Morgan fingerprint density at radius 1 is 1.10 bits per heavy atom. The number of carbonyl (C=O) groups excluding carboxylic acids is 2. The normalized spacial score (nSPS) is 17.2. The van der Waals surface area contributed by atoms with Gasteiger partial charge >= 0.3 is 12.1 Å². The zero-order valence-corrected chi connectivity index (χ0v) is 22.4. The van der Waals surface area contributed by atoms with Crippen LogP contribution in [0.1, 0.15) is 37.8 Å². The maximum atomic E-state index is 12.4. The number of nitrogen functional groups attached to an aromatic ring is 1. The number of rotatable bonds is 9. The summed E-state index contributed by atoms with van der Waals surface area (Å²) in [7, 11) is 0. The molecule has 11 nitrogen and oxygen atoms in total. The standard InChI is InChI=1S/C26H33N5O4.C2H4O2/c1-2-34-25(32)20-11-13-30(14-12-20)21-7-9-22(10-8-21)31-17-23(35-26(31)33)16-29-15-18-3-5-19(6-4-18)24(27)28;1-2(3)4/h3-10,20,23,29H,2,11-17H2,1H3,(H3,27,28);1H3,(H,3,4)/t23-;/m1./s1.